The van der Waals surface area contributed by atoms with Crippen molar-refractivity contribution in [1.29, 1.82) is 5.26 Å². The second kappa shape index (κ2) is 7.34. The largest absolute Gasteiger partial charge is 0.264 e. The van der Waals surface area contributed by atoms with Gasteiger partial charge in [-0.2, -0.15) is 5.26 Å². The van der Waals surface area contributed by atoms with E-state index >= 15 is 0 Å². The van der Waals surface area contributed by atoms with E-state index in [-0.39, 0.29) is 0 Å². The van der Waals surface area contributed by atoms with E-state index in [1.807, 2.05) is 49.4 Å². The van der Waals surface area contributed by atoms with Crippen molar-refractivity contribution in [3.05, 3.63) is 77.9 Å². The van der Waals surface area contributed by atoms with Crippen molar-refractivity contribution in [3.63, 3.8) is 0 Å². The molecule has 0 unspecified atom stereocenters. The molecule has 0 N–H and O–H groups in total. The van der Waals surface area contributed by atoms with Crippen LogP contribution in [-0.4, -0.2) is 20.7 Å². The van der Waals surface area contributed by atoms with Crippen LogP contribution < -0.4 is 4.31 Å². The molecule has 0 bridgehead atoms. The summed E-state index contributed by atoms with van der Waals surface area (Å²) in [5.74, 6) is 0.717. The summed E-state index contributed by atoms with van der Waals surface area (Å²) in [5, 5.41) is 8.98. The summed E-state index contributed by atoms with van der Waals surface area (Å²) in [6.45, 7) is 2.37. The maximum atomic E-state index is 13.3. The van der Waals surface area contributed by atoms with Gasteiger partial charge in [0.1, 0.15) is 0 Å². The minimum absolute atomic E-state index is 0.305. The molecule has 0 saturated heterocycles. The van der Waals surface area contributed by atoms with Crippen LogP contribution in [0.15, 0.2) is 76.5 Å². The number of thioether (sulfide) groups is 1. The van der Waals surface area contributed by atoms with E-state index in [1.54, 1.807) is 36.0 Å². The van der Waals surface area contributed by atoms with Crippen molar-refractivity contribution in [3.8, 4) is 17.2 Å². The van der Waals surface area contributed by atoms with Crippen LogP contribution in [-0.2, 0) is 10.0 Å². The van der Waals surface area contributed by atoms with Crippen molar-refractivity contribution >= 4 is 27.5 Å². The fourth-order valence-electron chi connectivity index (χ4n) is 3.20. The standard InChI is InChI=1S/C22H18N2O2S2/c1-16-2-9-20(10-3-16)28(25,26)24-12-13-27-22-11-8-19(14-21(22)24)18-6-4-17(15-23)5-7-18/h2-11,14H,12-13H2,1H3. The molecule has 0 atom stereocenters. The third-order valence-electron chi connectivity index (χ3n) is 4.74. The van der Waals surface area contributed by atoms with Gasteiger partial charge in [-0.05, 0) is 54.4 Å². The van der Waals surface area contributed by atoms with Crippen LogP contribution in [0.3, 0.4) is 0 Å². The van der Waals surface area contributed by atoms with Crippen LogP contribution in [0, 0.1) is 18.3 Å². The maximum absolute atomic E-state index is 13.3. The summed E-state index contributed by atoms with van der Waals surface area (Å²) < 4.78 is 28.1. The molecule has 28 heavy (non-hydrogen) atoms. The van der Waals surface area contributed by atoms with E-state index in [9.17, 15) is 8.42 Å². The molecular formula is C22H18N2O2S2. The zero-order valence-electron chi connectivity index (χ0n) is 15.3. The van der Waals surface area contributed by atoms with Crippen molar-refractivity contribution in [2.45, 2.75) is 16.7 Å². The lowest BCUT2D eigenvalue weighted by Gasteiger charge is -2.30. The number of hydrogen-bond acceptors (Lipinski definition) is 4. The number of aryl methyl sites for hydroxylation is 1. The molecule has 0 radical (unpaired) electrons. The third kappa shape index (κ3) is 3.39. The zero-order chi connectivity index (χ0) is 19.7. The summed E-state index contributed by atoms with van der Waals surface area (Å²) in [4.78, 5) is 1.26. The van der Waals surface area contributed by atoms with Crippen LogP contribution in [0.2, 0.25) is 0 Å². The number of sulfonamides is 1. The van der Waals surface area contributed by atoms with Gasteiger partial charge in [-0.3, -0.25) is 4.31 Å². The second-order valence-electron chi connectivity index (χ2n) is 6.61. The van der Waals surface area contributed by atoms with Crippen LogP contribution in [0.1, 0.15) is 11.1 Å². The molecule has 4 nitrogen and oxygen atoms in total. The number of hydrogen-bond donors (Lipinski definition) is 0. The van der Waals surface area contributed by atoms with Crippen LogP contribution in [0.25, 0.3) is 11.1 Å². The Bertz CT molecular complexity index is 1160. The minimum atomic E-state index is -3.62. The molecule has 0 saturated carbocycles. The first-order valence-corrected chi connectivity index (χ1v) is 11.3. The maximum Gasteiger partial charge on any atom is 0.264 e. The summed E-state index contributed by atoms with van der Waals surface area (Å²) in [6, 6.07) is 22.3. The molecule has 1 aliphatic rings. The molecule has 0 amide bonds. The highest BCUT2D eigenvalue weighted by molar-refractivity contribution is 8.00. The Hall–Kier alpha value is -2.75. The molecule has 6 heteroatoms. The summed E-state index contributed by atoms with van der Waals surface area (Å²) in [7, 11) is -3.62. The lowest BCUT2D eigenvalue weighted by Crippen LogP contribution is -2.35. The van der Waals surface area contributed by atoms with Crippen molar-refractivity contribution in [2.24, 2.45) is 0 Å². The molecule has 0 aliphatic carbocycles. The normalized spacial score (nSPS) is 13.6. The molecule has 1 aliphatic heterocycles. The van der Waals surface area contributed by atoms with Crippen LogP contribution in [0.4, 0.5) is 5.69 Å². The second-order valence-corrected chi connectivity index (χ2v) is 9.61. The fourth-order valence-corrected chi connectivity index (χ4v) is 5.82. The first kappa shape index (κ1) is 18.6. The van der Waals surface area contributed by atoms with Gasteiger partial charge in [0.25, 0.3) is 10.0 Å². The van der Waals surface area contributed by atoms with Gasteiger partial charge in [-0.15, -0.1) is 11.8 Å². The molecule has 1 heterocycles. The number of benzene rings is 3. The van der Waals surface area contributed by atoms with E-state index in [2.05, 4.69) is 6.07 Å². The van der Waals surface area contributed by atoms with Crippen molar-refractivity contribution in [2.75, 3.05) is 16.6 Å². The SMILES string of the molecule is Cc1ccc(S(=O)(=O)N2CCSc3ccc(-c4ccc(C#N)cc4)cc32)cc1. The zero-order valence-corrected chi connectivity index (χ0v) is 16.9. The Morgan fingerprint density at radius 3 is 2.32 bits per heavy atom. The Labute approximate surface area is 169 Å². The van der Waals surface area contributed by atoms with E-state index in [0.29, 0.717) is 28.4 Å². The number of nitrogens with zero attached hydrogens (tertiary/aromatic N) is 2. The summed E-state index contributed by atoms with van der Waals surface area (Å²) >= 11 is 1.67. The van der Waals surface area contributed by atoms with Gasteiger partial charge < -0.3 is 0 Å². The first-order chi connectivity index (χ1) is 13.5. The Balaban J connectivity index is 1.77. The van der Waals surface area contributed by atoms with Gasteiger partial charge in [0.05, 0.1) is 22.2 Å². The third-order valence-corrected chi connectivity index (χ3v) is 7.61. The summed E-state index contributed by atoms with van der Waals surface area (Å²) in [6.07, 6.45) is 0. The van der Waals surface area contributed by atoms with Gasteiger partial charge in [0.2, 0.25) is 0 Å². The van der Waals surface area contributed by atoms with Crippen molar-refractivity contribution in [1.82, 2.24) is 0 Å². The molecule has 4 rings (SSSR count). The Morgan fingerprint density at radius 1 is 0.964 bits per heavy atom. The highest BCUT2D eigenvalue weighted by Crippen LogP contribution is 2.40. The average Bonchev–Trinajstić information content (AvgIpc) is 2.73. The average molecular weight is 407 g/mol. The van der Waals surface area contributed by atoms with Gasteiger partial charge in [-0.25, -0.2) is 8.42 Å². The van der Waals surface area contributed by atoms with Gasteiger partial charge in [-0.1, -0.05) is 35.9 Å². The monoisotopic (exact) mass is 406 g/mol. The number of fused-ring (bicyclic) bond motifs is 1. The lowest BCUT2D eigenvalue weighted by molar-refractivity contribution is 0.591. The number of nitriles is 1. The quantitative estimate of drug-likeness (QED) is 0.625. The fraction of sp³-hybridized carbons (Fsp3) is 0.136. The highest BCUT2D eigenvalue weighted by Gasteiger charge is 2.29. The smallest absolute Gasteiger partial charge is 0.264 e. The van der Waals surface area contributed by atoms with Crippen LogP contribution in [0.5, 0.6) is 0 Å². The van der Waals surface area contributed by atoms with Crippen molar-refractivity contribution < 1.29 is 8.42 Å². The lowest BCUT2D eigenvalue weighted by atomic mass is 10.0. The predicted octanol–water partition coefficient (Wildman–Crippen LogP) is 4.83. The molecule has 3 aromatic carbocycles. The van der Waals surface area contributed by atoms with E-state index in [4.69, 9.17) is 5.26 Å². The number of rotatable bonds is 3. The van der Waals surface area contributed by atoms with Gasteiger partial charge in [0, 0.05) is 17.2 Å². The molecular weight excluding hydrogens is 388 g/mol. The molecule has 0 spiro atoms. The Morgan fingerprint density at radius 2 is 1.64 bits per heavy atom. The predicted molar refractivity (Wildman–Crippen MR) is 113 cm³/mol. The van der Waals surface area contributed by atoms with Gasteiger partial charge >= 0.3 is 0 Å². The molecule has 0 fully saturated rings. The minimum Gasteiger partial charge on any atom is -0.264 e. The van der Waals surface area contributed by atoms with Gasteiger partial charge in [0.15, 0.2) is 0 Å². The van der Waals surface area contributed by atoms with E-state index in [1.165, 1.54) is 4.31 Å². The van der Waals surface area contributed by atoms with Crippen LogP contribution >= 0.6 is 11.8 Å². The van der Waals surface area contributed by atoms with E-state index in [0.717, 1.165) is 21.6 Å². The highest BCUT2D eigenvalue weighted by atomic mass is 32.2. The molecule has 0 aromatic heterocycles. The van der Waals surface area contributed by atoms with E-state index < -0.39 is 10.0 Å². The number of anilines is 1. The first-order valence-electron chi connectivity index (χ1n) is 8.86. The topological polar surface area (TPSA) is 61.2 Å². The summed E-state index contributed by atoms with van der Waals surface area (Å²) in [5.41, 5.74) is 4.20. The molecule has 140 valence electrons. The molecule has 3 aromatic rings. The Kier molecular flexibility index (Phi) is 4.88.